The van der Waals surface area contributed by atoms with E-state index in [2.05, 4.69) is 0 Å². The molecule has 0 aromatic heterocycles. The van der Waals surface area contributed by atoms with Gasteiger partial charge in [0, 0.05) is 5.02 Å². The van der Waals surface area contributed by atoms with Gasteiger partial charge in [-0.1, -0.05) is 44.0 Å². The number of methoxy groups -OCH3 is 1. The Morgan fingerprint density at radius 2 is 1.80 bits per heavy atom. The van der Waals surface area contributed by atoms with E-state index in [9.17, 15) is 4.79 Å². The molecule has 0 atom stereocenters. The molecule has 20 heavy (non-hydrogen) atoms. The number of rotatable bonds is 3. The quantitative estimate of drug-likeness (QED) is 0.593. The van der Waals surface area contributed by atoms with Crippen molar-refractivity contribution in [1.82, 2.24) is 0 Å². The number of carbonyl (C=O) groups is 1. The first-order valence-electron chi connectivity index (χ1n) is 6.18. The maximum absolute atomic E-state index is 11.9. The van der Waals surface area contributed by atoms with Crippen molar-refractivity contribution in [3.8, 4) is 5.75 Å². The van der Waals surface area contributed by atoms with Crippen LogP contribution in [0.25, 0.3) is 0 Å². The van der Waals surface area contributed by atoms with Crippen LogP contribution < -0.4 is 4.43 Å². The third-order valence-electron chi connectivity index (χ3n) is 2.63. The number of hydrogen-bond acceptors (Lipinski definition) is 3. The number of esters is 1. The summed E-state index contributed by atoms with van der Waals surface area (Å²) in [5.74, 6) is -0.140. The van der Waals surface area contributed by atoms with Crippen molar-refractivity contribution in [3.63, 3.8) is 0 Å². The van der Waals surface area contributed by atoms with E-state index in [4.69, 9.17) is 32.4 Å². The van der Waals surface area contributed by atoms with Crippen molar-refractivity contribution >= 4 is 38.2 Å². The van der Waals surface area contributed by atoms with E-state index < -0.39 is 15.0 Å². The van der Waals surface area contributed by atoms with Crippen molar-refractivity contribution in [1.29, 1.82) is 0 Å². The van der Waals surface area contributed by atoms with Crippen molar-refractivity contribution < 1.29 is 14.0 Å². The molecule has 0 fully saturated rings. The summed E-state index contributed by atoms with van der Waals surface area (Å²) in [5, 5.41) is 0.827. The molecule has 6 heteroatoms. The average Bonchev–Trinajstić information content (AvgIpc) is 2.29. The predicted octanol–water partition coefficient (Wildman–Crippen LogP) is 4.71. The maximum Gasteiger partial charge on any atom is 0.341 e. The molecular weight excluding hydrogens is 315 g/mol. The maximum atomic E-state index is 11.9. The van der Waals surface area contributed by atoms with Gasteiger partial charge in [-0.15, -0.1) is 0 Å². The average molecular weight is 334 g/mol. The minimum absolute atomic E-state index is 0.255. The molecule has 0 unspecified atom stereocenters. The second-order valence-corrected chi connectivity index (χ2v) is 8.48. The first kappa shape index (κ1) is 17.3. The summed E-state index contributed by atoms with van der Waals surface area (Å²) in [6, 6.07) is 1.57. The summed E-state index contributed by atoms with van der Waals surface area (Å²) in [5.41, 5.74) is 0.781. The topological polar surface area (TPSA) is 35.5 Å². The molecule has 1 rings (SSSR count). The van der Waals surface area contributed by atoms with Crippen LogP contribution in [0.1, 0.15) is 36.7 Å². The van der Waals surface area contributed by atoms with Gasteiger partial charge in [-0.3, -0.25) is 0 Å². The summed E-state index contributed by atoms with van der Waals surface area (Å²) in [7, 11) is 0.233. The molecule has 0 aliphatic rings. The lowest BCUT2D eigenvalue weighted by molar-refractivity contribution is 0.0598. The van der Waals surface area contributed by atoms with Gasteiger partial charge in [0.05, 0.1) is 12.1 Å². The summed E-state index contributed by atoms with van der Waals surface area (Å²) in [6.45, 7) is 9.95. The Kier molecular flexibility index (Phi) is 5.52. The molecule has 0 saturated heterocycles. The zero-order valence-corrected chi connectivity index (χ0v) is 15.1. The minimum atomic E-state index is -1.08. The van der Waals surface area contributed by atoms with Crippen molar-refractivity contribution in [2.75, 3.05) is 7.11 Å². The zero-order valence-electron chi connectivity index (χ0n) is 12.6. The molecule has 0 N–H and O–H groups in total. The first-order valence-corrected chi connectivity index (χ1v) is 9.34. The van der Waals surface area contributed by atoms with Crippen LogP contribution in [-0.4, -0.2) is 22.1 Å². The fourth-order valence-corrected chi connectivity index (χ4v) is 3.60. The lowest BCUT2D eigenvalue weighted by Crippen LogP contribution is -2.19. The van der Waals surface area contributed by atoms with Crippen molar-refractivity contribution in [3.05, 3.63) is 27.2 Å². The molecule has 0 bridgehead atoms. The lowest BCUT2D eigenvalue weighted by atomic mass is 9.86. The predicted molar refractivity (Wildman–Crippen MR) is 84.6 cm³/mol. The summed E-state index contributed by atoms with van der Waals surface area (Å²) >= 11 is 12.7. The molecular formula is C14H19Cl2O3Si. The third-order valence-corrected chi connectivity index (χ3v) is 3.91. The second kappa shape index (κ2) is 6.37. The number of ether oxygens (including phenoxy) is 1. The van der Waals surface area contributed by atoms with Gasteiger partial charge in [-0.25, -0.2) is 4.79 Å². The second-order valence-electron chi connectivity index (χ2n) is 5.68. The van der Waals surface area contributed by atoms with E-state index in [-0.39, 0.29) is 11.0 Å². The summed E-state index contributed by atoms with van der Waals surface area (Å²) in [6.07, 6.45) is 0. The highest BCUT2D eigenvalue weighted by Gasteiger charge is 2.28. The molecule has 0 heterocycles. The molecule has 1 aromatic rings. The highest BCUT2D eigenvalue weighted by molar-refractivity contribution is 6.50. The van der Waals surface area contributed by atoms with Gasteiger partial charge in [0.1, 0.15) is 11.3 Å². The molecule has 1 radical (unpaired) electrons. The van der Waals surface area contributed by atoms with Crippen molar-refractivity contribution in [2.45, 2.75) is 39.3 Å². The highest BCUT2D eigenvalue weighted by atomic mass is 35.5. The van der Waals surface area contributed by atoms with E-state index in [1.165, 1.54) is 7.11 Å². The highest BCUT2D eigenvalue weighted by Crippen LogP contribution is 2.43. The Morgan fingerprint density at radius 3 is 2.20 bits per heavy atom. The third kappa shape index (κ3) is 3.68. The van der Waals surface area contributed by atoms with Gasteiger partial charge < -0.3 is 9.16 Å². The van der Waals surface area contributed by atoms with Gasteiger partial charge >= 0.3 is 5.97 Å². The van der Waals surface area contributed by atoms with Gasteiger partial charge in [0.2, 0.25) is 0 Å². The van der Waals surface area contributed by atoms with Crippen LogP contribution >= 0.6 is 23.2 Å². The van der Waals surface area contributed by atoms with E-state index in [0.717, 1.165) is 5.56 Å². The fourth-order valence-electron chi connectivity index (χ4n) is 1.85. The molecule has 0 aliphatic heterocycles. The summed E-state index contributed by atoms with van der Waals surface area (Å²) in [4.78, 5) is 11.9. The molecule has 0 amide bonds. The van der Waals surface area contributed by atoms with Gasteiger partial charge in [0.15, 0.2) is 0 Å². The Bertz CT molecular complexity index is 522. The monoisotopic (exact) mass is 333 g/mol. The fraction of sp³-hybridized carbons (Fsp3) is 0.500. The van der Waals surface area contributed by atoms with E-state index >= 15 is 0 Å². The standard InChI is InChI=1S/C14H19Cl2O3Si/c1-14(2,3)10-9(15)7-8(13(17)18-4)12(11(10)16)19-20(5)6/h7H,1-6H3. The van der Waals surface area contributed by atoms with Crippen LogP contribution in [-0.2, 0) is 10.2 Å². The molecule has 0 spiro atoms. The molecule has 3 nitrogen and oxygen atoms in total. The number of benzene rings is 1. The van der Waals surface area contributed by atoms with E-state index in [1.807, 2.05) is 33.9 Å². The van der Waals surface area contributed by atoms with Crippen LogP contribution in [0.3, 0.4) is 0 Å². The number of carbonyl (C=O) groups excluding carboxylic acids is 1. The Morgan fingerprint density at radius 1 is 1.25 bits per heavy atom. The molecule has 0 saturated carbocycles. The van der Waals surface area contributed by atoms with Crippen LogP contribution in [0.15, 0.2) is 6.07 Å². The van der Waals surface area contributed by atoms with E-state index in [1.54, 1.807) is 6.07 Å². The van der Waals surface area contributed by atoms with Gasteiger partial charge in [0.25, 0.3) is 9.04 Å². The SMILES string of the molecule is COC(=O)c1cc(Cl)c(C(C)(C)C)c(Cl)c1O[Si](C)C. The van der Waals surface area contributed by atoms with Crippen molar-refractivity contribution in [2.24, 2.45) is 0 Å². The normalized spacial score (nSPS) is 11.7. The van der Waals surface area contributed by atoms with Crippen LogP contribution in [0.5, 0.6) is 5.75 Å². The summed E-state index contributed by atoms with van der Waals surface area (Å²) < 4.78 is 10.6. The Balaban J connectivity index is 3.61. The lowest BCUT2D eigenvalue weighted by Gasteiger charge is -2.25. The molecule has 111 valence electrons. The van der Waals surface area contributed by atoms with Gasteiger partial charge in [-0.05, 0) is 30.1 Å². The first-order chi connectivity index (χ1) is 9.09. The van der Waals surface area contributed by atoms with Crippen LogP contribution in [0, 0.1) is 0 Å². The molecule has 0 aliphatic carbocycles. The smallest absolute Gasteiger partial charge is 0.341 e. The van der Waals surface area contributed by atoms with E-state index in [0.29, 0.717) is 15.8 Å². The Labute approximate surface area is 131 Å². The Hall–Kier alpha value is -0.713. The number of halogens is 2. The van der Waals surface area contributed by atoms with Crippen LogP contribution in [0.4, 0.5) is 0 Å². The number of hydrogen-bond donors (Lipinski definition) is 0. The zero-order chi connectivity index (χ0) is 15.7. The van der Waals surface area contributed by atoms with Crippen LogP contribution in [0.2, 0.25) is 23.1 Å². The largest absolute Gasteiger partial charge is 0.541 e. The molecule has 1 aromatic carbocycles. The minimum Gasteiger partial charge on any atom is -0.541 e. The van der Waals surface area contributed by atoms with Gasteiger partial charge in [-0.2, -0.15) is 0 Å².